The van der Waals surface area contributed by atoms with E-state index in [-0.39, 0.29) is 5.91 Å². The number of nitrogens with zero attached hydrogens (tertiary/aromatic N) is 1. The Morgan fingerprint density at radius 2 is 2.36 bits per heavy atom. The normalized spacial score (nSPS) is 10.4. The Bertz CT molecular complexity index is 495. The van der Waals surface area contributed by atoms with Gasteiger partial charge in [0.05, 0.1) is 20.9 Å². The molecule has 0 atom stereocenters. The minimum atomic E-state index is -0.0953. The van der Waals surface area contributed by atoms with Crippen molar-refractivity contribution in [1.82, 2.24) is 4.98 Å². The van der Waals surface area contributed by atoms with Gasteiger partial charge in [0.1, 0.15) is 5.52 Å². The summed E-state index contributed by atoms with van der Waals surface area (Å²) < 4.78 is 0.910. The van der Waals surface area contributed by atoms with Crippen molar-refractivity contribution >= 4 is 44.7 Å². The average Bonchev–Trinajstić information content (AvgIpc) is 2.58. The summed E-state index contributed by atoms with van der Waals surface area (Å²) in [5.74, 6) is -0.0953. The number of halogens is 1. The monoisotopic (exact) mass is 226 g/mol. The first kappa shape index (κ1) is 9.43. The van der Waals surface area contributed by atoms with Gasteiger partial charge >= 0.3 is 0 Å². The van der Waals surface area contributed by atoms with Crippen molar-refractivity contribution in [3.63, 3.8) is 0 Å². The van der Waals surface area contributed by atoms with E-state index < -0.39 is 0 Å². The van der Waals surface area contributed by atoms with E-state index >= 15 is 0 Å². The molecule has 1 aromatic carbocycles. The highest BCUT2D eigenvalue weighted by atomic mass is 35.5. The fourth-order valence-corrected chi connectivity index (χ4v) is 2.25. The van der Waals surface area contributed by atoms with Crippen molar-refractivity contribution in [3.8, 4) is 0 Å². The Morgan fingerprint density at radius 3 is 3.07 bits per heavy atom. The molecule has 0 saturated heterocycles. The number of hydrogen-bond donors (Lipinski definition) is 1. The van der Waals surface area contributed by atoms with Crippen molar-refractivity contribution in [2.45, 2.75) is 6.92 Å². The van der Waals surface area contributed by atoms with Gasteiger partial charge in [-0.2, -0.15) is 0 Å². The molecule has 0 radical (unpaired) electrons. The number of nitrogens with one attached hydrogen (secondary N) is 1. The second-order valence-corrected chi connectivity index (χ2v) is 4.07. The fourth-order valence-electron chi connectivity index (χ4n) is 1.21. The molecule has 72 valence electrons. The molecule has 0 aliphatic heterocycles. The zero-order chi connectivity index (χ0) is 10.1. The second-order valence-electron chi connectivity index (χ2n) is 2.81. The molecule has 0 aliphatic rings. The standard InChI is InChI=1S/C9H7ClN2OS/c1-5(13)12-7-3-2-6(10)8-9(7)14-4-11-8/h2-4H,1H3,(H,12,13). The summed E-state index contributed by atoms with van der Waals surface area (Å²) in [6, 6.07) is 3.51. The average molecular weight is 227 g/mol. The molecule has 0 spiro atoms. The first-order chi connectivity index (χ1) is 6.68. The summed E-state index contributed by atoms with van der Waals surface area (Å²) in [6.45, 7) is 1.47. The third kappa shape index (κ3) is 1.58. The number of carbonyl (C=O) groups excluding carboxylic acids is 1. The van der Waals surface area contributed by atoms with Crippen LogP contribution in [0.15, 0.2) is 17.6 Å². The van der Waals surface area contributed by atoms with Gasteiger partial charge in [0.15, 0.2) is 0 Å². The summed E-state index contributed by atoms with van der Waals surface area (Å²) >= 11 is 7.40. The number of aromatic nitrogens is 1. The number of benzene rings is 1. The number of thiazole rings is 1. The molecule has 14 heavy (non-hydrogen) atoms. The van der Waals surface area contributed by atoms with Gasteiger partial charge in [0.25, 0.3) is 0 Å². The predicted octanol–water partition coefficient (Wildman–Crippen LogP) is 2.91. The van der Waals surface area contributed by atoms with Crippen LogP contribution in [0.4, 0.5) is 5.69 Å². The molecule has 1 amide bonds. The molecular formula is C9H7ClN2OS. The number of rotatable bonds is 1. The molecule has 1 heterocycles. The van der Waals surface area contributed by atoms with E-state index in [0.717, 1.165) is 15.9 Å². The smallest absolute Gasteiger partial charge is 0.221 e. The minimum absolute atomic E-state index is 0.0953. The molecule has 2 rings (SSSR count). The maximum atomic E-state index is 10.9. The van der Waals surface area contributed by atoms with E-state index in [0.29, 0.717) is 5.02 Å². The number of anilines is 1. The molecule has 2 aromatic rings. The Balaban J connectivity index is 2.60. The number of carbonyl (C=O) groups is 1. The maximum absolute atomic E-state index is 10.9. The Kier molecular flexibility index (Phi) is 2.39. The SMILES string of the molecule is CC(=O)Nc1ccc(Cl)c2ncsc12. The Hall–Kier alpha value is -1.13. The predicted molar refractivity (Wildman–Crippen MR) is 58.9 cm³/mol. The van der Waals surface area contributed by atoms with Crippen LogP contribution in [-0.4, -0.2) is 10.9 Å². The molecule has 0 saturated carbocycles. The topological polar surface area (TPSA) is 42.0 Å². The van der Waals surface area contributed by atoms with Crippen LogP contribution in [0.3, 0.4) is 0 Å². The number of fused-ring (bicyclic) bond motifs is 1. The molecular weight excluding hydrogens is 220 g/mol. The lowest BCUT2D eigenvalue weighted by molar-refractivity contribution is -0.114. The molecule has 1 aromatic heterocycles. The van der Waals surface area contributed by atoms with Gasteiger partial charge in [-0.05, 0) is 12.1 Å². The molecule has 0 bridgehead atoms. The highest BCUT2D eigenvalue weighted by molar-refractivity contribution is 7.17. The highest BCUT2D eigenvalue weighted by Gasteiger charge is 2.07. The van der Waals surface area contributed by atoms with Gasteiger partial charge in [-0.1, -0.05) is 11.6 Å². The highest BCUT2D eigenvalue weighted by Crippen LogP contribution is 2.31. The van der Waals surface area contributed by atoms with Gasteiger partial charge in [0.2, 0.25) is 5.91 Å². The van der Waals surface area contributed by atoms with Crippen molar-refractivity contribution in [2.75, 3.05) is 5.32 Å². The van der Waals surface area contributed by atoms with Crippen molar-refractivity contribution in [1.29, 1.82) is 0 Å². The molecule has 3 nitrogen and oxygen atoms in total. The lowest BCUT2D eigenvalue weighted by atomic mass is 10.3. The summed E-state index contributed by atoms with van der Waals surface area (Å²) in [6.07, 6.45) is 0. The zero-order valence-electron chi connectivity index (χ0n) is 7.37. The minimum Gasteiger partial charge on any atom is -0.325 e. The molecule has 0 aliphatic carbocycles. The van der Waals surface area contributed by atoms with Gasteiger partial charge in [-0.25, -0.2) is 4.98 Å². The van der Waals surface area contributed by atoms with Gasteiger partial charge in [-0.3, -0.25) is 4.79 Å². The second kappa shape index (κ2) is 3.55. The van der Waals surface area contributed by atoms with Crippen LogP contribution in [0.2, 0.25) is 5.02 Å². The lowest BCUT2D eigenvalue weighted by Gasteiger charge is -2.03. The summed E-state index contributed by atoms with van der Waals surface area (Å²) in [4.78, 5) is 15.0. The zero-order valence-corrected chi connectivity index (χ0v) is 8.95. The van der Waals surface area contributed by atoms with Crippen molar-refractivity contribution in [2.24, 2.45) is 0 Å². The summed E-state index contributed by atoms with van der Waals surface area (Å²) in [5, 5.41) is 3.34. The van der Waals surface area contributed by atoms with Crippen LogP contribution in [0.1, 0.15) is 6.92 Å². The molecule has 0 unspecified atom stereocenters. The summed E-state index contributed by atoms with van der Waals surface area (Å²) in [7, 11) is 0. The van der Waals surface area contributed by atoms with Crippen LogP contribution in [-0.2, 0) is 4.79 Å². The molecule has 5 heteroatoms. The van der Waals surface area contributed by atoms with Crippen molar-refractivity contribution < 1.29 is 4.79 Å². The Morgan fingerprint density at radius 1 is 1.57 bits per heavy atom. The van der Waals surface area contributed by atoms with Crippen LogP contribution >= 0.6 is 22.9 Å². The van der Waals surface area contributed by atoms with Gasteiger partial charge in [-0.15, -0.1) is 11.3 Å². The molecule has 1 N–H and O–H groups in total. The first-order valence-corrected chi connectivity index (χ1v) is 5.23. The van der Waals surface area contributed by atoms with E-state index in [1.807, 2.05) is 0 Å². The van der Waals surface area contributed by atoms with E-state index in [9.17, 15) is 4.79 Å². The maximum Gasteiger partial charge on any atom is 0.221 e. The Labute approximate surface area is 89.7 Å². The van der Waals surface area contributed by atoms with E-state index in [4.69, 9.17) is 11.6 Å². The van der Waals surface area contributed by atoms with Crippen LogP contribution in [0, 0.1) is 0 Å². The van der Waals surface area contributed by atoms with E-state index in [1.165, 1.54) is 18.3 Å². The van der Waals surface area contributed by atoms with Crippen LogP contribution < -0.4 is 5.32 Å². The van der Waals surface area contributed by atoms with Gasteiger partial charge < -0.3 is 5.32 Å². The van der Waals surface area contributed by atoms with E-state index in [2.05, 4.69) is 10.3 Å². The molecule has 0 fully saturated rings. The largest absolute Gasteiger partial charge is 0.325 e. The van der Waals surface area contributed by atoms with Crippen molar-refractivity contribution in [3.05, 3.63) is 22.7 Å². The number of amides is 1. The fraction of sp³-hybridized carbons (Fsp3) is 0.111. The number of hydrogen-bond acceptors (Lipinski definition) is 3. The third-order valence-electron chi connectivity index (χ3n) is 1.75. The van der Waals surface area contributed by atoms with Crippen LogP contribution in [0.5, 0.6) is 0 Å². The summed E-state index contributed by atoms with van der Waals surface area (Å²) in [5.41, 5.74) is 3.21. The third-order valence-corrected chi connectivity index (χ3v) is 2.91. The van der Waals surface area contributed by atoms with Crippen LogP contribution in [0.25, 0.3) is 10.2 Å². The first-order valence-electron chi connectivity index (χ1n) is 3.98. The van der Waals surface area contributed by atoms with E-state index in [1.54, 1.807) is 17.6 Å². The quantitative estimate of drug-likeness (QED) is 0.813. The van der Waals surface area contributed by atoms with Gasteiger partial charge in [0, 0.05) is 6.92 Å². The lowest BCUT2D eigenvalue weighted by Crippen LogP contribution is -2.05.